The Kier molecular flexibility index (Phi) is 4.44. The van der Waals surface area contributed by atoms with Gasteiger partial charge in [0.05, 0.1) is 12.2 Å². The Balaban J connectivity index is 1.83. The molecule has 1 N–H and O–H groups in total. The first kappa shape index (κ1) is 13.2. The second kappa shape index (κ2) is 6.07. The summed E-state index contributed by atoms with van der Waals surface area (Å²) in [5, 5.41) is 9.34. The smallest absolute Gasteiger partial charge is 0.122 e. The van der Waals surface area contributed by atoms with Gasteiger partial charge in [0.1, 0.15) is 11.5 Å². The Labute approximate surface area is 107 Å². The van der Waals surface area contributed by atoms with Gasteiger partial charge in [-0.2, -0.15) is 0 Å². The van der Waals surface area contributed by atoms with E-state index in [0.717, 1.165) is 32.5 Å². The number of phenolic OH excluding ortho intramolecular Hbond substituents is 1. The zero-order valence-corrected chi connectivity index (χ0v) is 10.7. The van der Waals surface area contributed by atoms with Crippen molar-refractivity contribution in [3.05, 3.63) is 24.3 Å². The van der Waals surface area contributed by atoms with Crippen LogP contribution in [0.2, 0.25) is 0 Å². The minimum Gasteiger partial charge on any atom is -0.508 e. The van der Waals surface area contributed by atoms with E-state index < -0.39 is 0 Å². The molecular formula is C14H20O4. The Bertz CT molecular complexity index is 372. The second-order valence-electron chi connectivity index (χ2n) is 4.60. The molecule has 1 aliphatic rings. The van der Waals surface area contributed by atoms with Gasteiger partial charge < -0.3 is 19.3 Å². The third-order valence-corrected chi connectivity index (χ3v) is 3.48. The lowest BCUT2D eigenvalue weighted by molar-refractivity contribution is -0.0983. The largest absolute Gasteiger partial charge is 0.508 e. The molecule has 1 fully saturated rings. The van der Waals surface area contributed by atoms with Crippen molar-refractivity contribution in [2.75, 3.05) is 26.9 Å². The van der Waals surface area contributed by atoms with Gasteiger partial charge in [-0.1, -0.05) is 6.07 Å². The van der Waals surface area contributed by atoms with Crippen molar-refractivity contribution in [3.63, 3.8) is 0 Å². The first-order valence-electron chi connectivity index (χ1n) is 6.29. The van der Waals surface area contributed by atoms with Crippen molar-refractivity contribution >= 4 is 0 Å². The molecule has 0 aliphatic carbocycles. The average Bonchev–Trinajstić information content (AvgIpc) is 2.40. The van der Waals surface area contributed by atoms with Crippen molar-refractivity contribution in [1.82, 2.24) is 0 Å². The van der Waals surface area contributed by atoms with Crippen LogP contribution in [0, 0.1) is 0 Å². The van der Waals surface area contributed by atoms with Crippen LogP contribution in [-0.4, -0.2) is 37.6 Å². The van der Waals surface area contributed by atoms with E-state index in [9.17, 15) is 5.11 Å². The van der Waals surface area contributed by atoms with Gasteiger partial charge in [-0.05, 0) is 25.0 Å². The summed E-state index contributed by atoms with van der Waals surface area (Å²) in [4.78, 5) is 0. The van der Waals surface area contributed by atoms with Crippen LogP contribution in [0.4, 0.5) is 0 Å². The van der Waals surface area contributed by atoms with Crippen LogP contribution in [0.15, 0.2) is 24.3 Å². The molecule has 1 heterocycles. The number of benzene rings is 1. The van der Waals surface area contributed by atoms with E-state index in [1.807, 2.05) is 6.07 Å². The van der Waals surface area contributed by atoms with Gasteiger partial charge in [0.25, 0.3) is 0 Å². The molecule has 0 atom stereocenters. The highest BCUT2D eigenvalue weighted by molar-refractivity contribution is 5.31. The predicted molar refractivity (Wildman–Crippen MR) is 68.0 cm³/mol. The minimum atomic E-state index is -0.116. The Morgan fingerprint density at radius 3 is 2.78 bits per heavy atom. The van der Waals surface area contributed by atoms with Crippen molar-refractivity contribution in [1.29, 1.82) is 0 Å². The summed E-state index contributed by atoms with van der Waals surface area (Å²) < 4.78 is 16.6. The monoisotopic (exact) mass is 252 g/mol. The summed E-state index contributed by atoms with van der Waals surface area (Å²) in [5.74, 6) is 0.910. The summed E-state index contributed by atoms with van der Waals surface area (Å²) in [7, 11) is 1.75. The third-order valence-electron chi connectivity index (χ3n) is 3.48. The van der Waals surface area contributed by atoms with Crippen LogP contribution in [0.1, 0.15) is 19.3 Å². The fourth-order valence-electron chi connectivity index (χ4n) is 2.23. The maximum Gasteiger partial charge on any atom is 0.122 e. The van der Waals surface area contributed by atoms with Gasteiger partial charge in [0.15, 0.2) is 0 Å². The quantitative estimate of drug-likeness (QED) is 0.874. The molecule has 0 spiro atoms. The Morgan fingerprint density at radius 1 is 1.33 bits per heavy atom. The number of phenols is 1. The van der Waals surface area contributed by atoms with Crippen molar-refractivity contribution in [3.8, 4) is 11.5 Å². The predicted octanol–water partition coefficient (Wildman–Crippen LogP) is 2.36. The van der Waals surface area contributed by atoms with Crippen LogP contribution in [0.5, 0.6) is 11.5 Å². The molecule has 100 valence electrons. The normalized spacial score (nSPS) is 18.5. The Hall–Kier alpha value is -1.26. The number of ether oxygens (including phenoxy) is 3. The summed E-state index contributed by atoms with van der Waals surface area (Å²) in [6.07, 6.45) is 2.66. The van der Waals surface area contributed by atoms with E-state index in [1.54, 1.807) is 25.3 Å². The molecule has 1 saturated heterocycles. The maximum absolute atomic E-state index is 9.34. The zero-order valence-electron chi connectivity index (χ0n) is 10.7. The van der Waals surface area contributed by atoms with Gasteiger partial charge in [-0.25, -0.2) is 0 Å². The molecule has 0 radical (unpaired) electrons. The molecule has 18 heavy (non-hydrogen) atoms. The molecule has 1 aliphatic heterocycles. The Morgan fingerprint density at radius 2 is 2.11 bits per heavy atom. The molecule has 1 aromatic carbocycles. The van der Waals surface area contributed by atoms with Crippen LogP contribution in [0.3, 0.4) is 0 Å². The molecule has 0 aromatic heterocycles. The number of hydrogen-bond acceptors (Lipinski definition) is 4. The fraction of sp³-hybridized carbons (Fsp3) is 0.571. The first-order chi connectivity index (χ1) is 8.74. The summed E-state index contributed by atoms with van der Waals surface area (Å²) in [6, 6.07) is 6.85. The minimum absolute atomic E-state index is 0.116. The molecule has 0 amide bonds. The number of aromatic hydroxyl groups is 1. The summed E-state index contributed by atoms with van der Waals surface area (Å²) >= 11 is 0. The highest BCUT2D eigenvalue weighted by atomic mass is 16.5. The van der Waals surface area contributed by atoms with Crippen molar-refractivity contribution in [2.24, 2.45) is 0 Å². The lowest BCUT2D eigenvalue weighted by Crippen LogP contribution is -2.39. The molecular weight excluding hydrogens is 232 g/mol. The second-order valence-corrected chi connectivity index (χ2v) is 4.60. The first-order valence-corrected chi connectivity index (χ1v) is 6.29. The number of methoxy groups -OCH3 is 1. The summed E-state index contributed by atoms with van der Waals surface area (Å²) in [5.41, 5.74) is -0.116. The summed E-state index contributed by atoms with van der Waals surface area (Å²) in [6.45, 7) is 2.08. The molecule has 4 nitrogen and oxygen atoms in total. The van der Waals surface area contributed by atoms with Gasteiger partial charge in [-0.15, -0.1) is 0 Å². The van der Waals surface area contributed by atoms with E-state index >= 15 is 0 Å². The lowest BCUT2D eigenvalue weighted by Gasteiger charge is -2.35. The standard InChI is InChI=1S/C14H20O4/c1-16-14(5-8-17-9-6-14)7-10-18-13-4-2-3-12(15)11-13/h2-4,11,15H,5-10H2,1H3. The number of rotatable bonds is 5. The maximum atomic E-state index is 9.34. The van der Waals surface area contributed by atoms with E-state index in [1.165, 1.54) is 0 Å². The van der Waals surface area contributed by atoms with Gasteiger partial charge in [-0.3, -0.25) is 0 Å². The molecule has 1 aromatic rings. The van der Waals surface area contributed by atoms with Gasteiger partial charge in [0, 0.05) is 32.8 Å². The van der Waals surface area contributed by atoms with E-state index in [0.29, 0.717) is 12.4 Å². The molecule has 0 bridgehead atoms. The van der Waals surface area contributed by atoms with E-state index in [4.69, 9.17) is 14.2 Å². The van der Waals surface area contributed by atoms with Crippen LogP contribution < -0.4 is 4.74 Å². The molecule has 0 saturated carbocycles. The SMILES string of the molecule is COC1(CCOc2cccc(O)c2)CCOCC1. The third kappa shape index (κ3) is 3.37. The van der Waals surface area contributed by atoms with Crippen molar-refractivity contribution in [2.45, 2.75) is 24.9 Å². The van der Waals surface area contributed by atoms with E-state index in [-0.39, 0.29) is 11.4 Å². The van der Waals surface area contributed by atoms with Crippen LogP contribution in [0.25, 0.3) is 0 Å². The molecule has 0 unspecified atom stereocenters. The van der Waals surface area contributed by atoms with Crippen molar-refractivity contribution < 1.29 is 19.3 Å². The highest BCUT2D eigenvalue weighted by Gasteiger charge is 2.32. The lowest BCUT2D eigenvalue weighted by atomic mass is 9.91. The molecule has 2 rings (SSSR count). The topological polar surface area (TPSA) is 47.9 Å². The average molecular weight is 252 g/mol. The van der Waals surface area contributed by atoms with Crippen LogP contribution >= 0.6 is 0 Å². The zero-order chi connectivity index (χ0) is 12.8. The highest BCUT2D eigenvalue weighted by Crippen LogP contribution is 2.28. The van der Waals surface area contributed by atoms with Gasteiger partial charge in [0.2, 0.25) is 0 Å². The van der Waals surface area contributed by atoms with Gasteiger partial charge >= 0.3 is 0 Å². The molecule has 4 heteroatoms. The van der Waals surface area contributed by atoms with Crippen LogP contribution in [-0.2, 0) is 9.47 Å². The van der Waals surface area contributed by atoms with E-state index in [2.05, 4.69) is 0 Å². The fourth-order valence-corrected chi connectivity index (χ4v) is 2.23. The number of hydrogen-bond donors (Lipinski definition) is 1.